The van der Waals surface area contributed by atoms with Crippen LogP contribution in [0, 0.1) is 0 Å². The Morgan fingerprint density at radius 2 is 1.77 bits per heavy atom. The first-order valence-electron chi connectivity index (χ1n) is 3.56. The molecule has 1 aromatic rings. The Kier molecular flexibility index (Phi) is 4.55. The van der Waals surface area contributed by atoms with E-state index in [0.717, 1.165) is 0 Å². The predicted molar refractivity (Wildman–Crippen MR) is 49.4 cm³/mol. The van der Waals surface area contributed by atoms with Crippen LogP contribution in [0.25, 0.3) is 0 Å². The maximum Gasteiger partial charge on any atom is 0.340 e. The molecule has 0 amide bonds. The zero-order valence-electron chi connectivity index (χ0n) is 7.19. The molecule has 4 heteroatoms. The van der Waals surface area contributed by atoms with Crippen LogP contribution in [0.1, 0.15) is 12.5 Å². The van der Waals surface area contributed by atoms with Crippen LogP contribution in [0.4, 0.5) is 0 Å². The van der Waals surface area contributed by atoms with Crippen molar-refractivity contribution in [3.63, 3.8) is 0 Å². The average Bonchev–Trinajstić information content (AvgIpc) is 2.06. The molecular formula is C9H10O3Pb. The summed E-state index contributed by atoms with van der Waals surface area (Å²) in [7, 11) is 0. The summed E-state index contributed by atoms with van der Waals surface area (Å²) >= 11 is 0. The van der Waals surface area contributed by atoms with Crippen LogP contribution in [0.3, 0.4) is 0 Å². The van der Waals surface area contributed by atoms with Crippen LogP contribution in [-0.2, 0) is 10.4 Å². The molecule has 3 nitrogen and oxygen atoms in total. The molecule has 0 bridgehead atoms. The fourth-order valence-electron chi connectivity index (χ4n) is 0.886. The Morgan fingerprint density at radius 3 is 2.15 bits per heavy atom. The molecule has 4 radical (unpaired) electrons. The molecule has 2 N–H and O–H groups in total. The number of hydrogen-bond donors (Lipinski definition) is 2. The second-order valence-corrected chi connectivity index (χ2v) is 2.74. The maximum atomic E-state index is 10.6. The third-order valence-electron chi connectivity index (χ3n) is 1.75. The van der Waals surface area contributed by atoms with Gasteiger partial charge in [0.1, 0.15) is 0 Å². The Morgan fingerprint density at radius 1 is 1.31 bits per heavy atom. The largest absolute Gasteiger partial charge is 0.479 e. The van der Waals surface area contributed by atoms with Crippen molar-refractivity contribution in [3.05, 3.63) is 35.9 Å². The monoisotopic (exact) mass is 374 g/mol. The minimum Gasteiger partial charge on any atom is -0.479 e. The third-order valence-corrected chi connectivity index (χ3v) is 1.75. The standard InChI is InChI=1S/C9H10O3.Pb/c1-9(12,8(10)11)7-5-3-2-4-6-7;/h2-6,12H,1H3,(H,10,11);. The van der Waals surface area contributed by atoms with Crippen LogP contribution in [-0.4, -0.2) is 43.5 Å². The molecule has 0 heterocycles. The molecule has 0 aliphatic rings. The molecule has 13 heavy (non-hydrogen) atoms. The van der Waals surface area contributed by atoms with Gasteiger partial charge in [-0.3, -0.25) is 0 Å². The van der Waals surface area contributed by atoms with Crippen molar-refractivity contribution in [3.8, 4) is 0 Å². The molecule has 0 saturated heterocycles. The molecule has 0 fully saturated rings. The van der Waals surface area contributed by atoms with Crippen LogP contribution < -0.4 is 0 Å². The van der Waals surface area contributed by atoms with E-state index in [-0.39, 0.29) is 27.3 Å². The first kappa shape index (κ1) is 12.6. The van der Waals surface area contributed by atoms with E-state index in [1.807, 2.05) is 0 Å². The Balaban J connectivity index is 0.00000144. The van der Waals surface area contributed by atoms with Crippen molar-refractivity contribution >= 4 is 33.3 Å². The Labute approximate surface area is 96.6 Å². The van der Waals surface area contributed by atoms with Crippen molar-refractivity contribution < 1.29 is 15.0 Å². The van der Waals surface area contributed by atoms with Crippen LogP contribution in [0.2, 0.25) is 0 Å². The number of aliphatic carboxylic acids is 1. The van der Waals surface area contributed by atoms with Gasteiger partial charge in [-0.05, 0) is 12.5 Å². The van der Waals surface area contributed by atoms with Gasteiger partial charge in [-0.15, -0.1) is 0 Å². The molecule has 68 valence electrons. The molecule has 0 saturated carbocycles. The van der Waals surface area contributed by atoms with E-state index >= 15 is 0 Å². The van der Waals surface area contributed by atoms with Crippen molar-refractivity contribution in [1.29, 1.82) is 0 Å². The smallest absolute Gasteiger partial charge is 0.340 e. The minimum atomic E-state index is -1.79. The molecule has 1 aromatic carbocycles. The SMILES string of the molecule is CC(O)(C(=O)O)c1ccccc1.[Pb]. The zero-order chi connectivity index (χ0) is 9.19. The van der Waals surface area contributed by atoms with Crippen molar-refractivity contribution in [2.45, 2.75) is 12.5 Å². The normalized spacial score (nSPS) is 14.0. The number of carboxylic acids is 1. The van der Waals surface area contributed by atoms with Crippen LogP contribution >= 0.6 is 0 Å². The number of benzene rings is 1. The van der Waals surface area contributed by atoms with Gasteiger partial charge in [-0.1, -0.05) is 30.3 Å². The van der Waals surface area contributed by atoms with Gasteiger partial charge in [0.15, 0.2) is 5.60 Å². The summed E-state index contributed by atoms with van der Waals surface area (Å²) in [5.41, 5.74) is -1.40. The Hall–Kier alpha value is -0.428. The Bertz CT molecular complexity index is 282. The molecular weight excluding hydrogens is 363 g/mol. The van der Waals surface area contributed by atoms with Gasteiger partial charge in [-0.2, -0.15) is 0 Å². The fraction of sp³-hybridized carbons (Fsp3) is 0.222. The molecule has 0 aliphatic carbocycles. The van der Waals surface area contributed by atoms with E-state index in [4.69, 9.17) is 5.11 Å². The van der Waals surface area contributed by atoms with Gasteiger partial charge in [0.05, 0.1) is 0 Å². The fourth-order valence-corrected chi connectivity index (χ4v) is 0.886. The van der Waals surface area contributed by atoms with E-state index in [1.165, 1.54) is 6.92 Å². The summed E-state index contributed by atoms with van der Waals surface area (Å²) in [4.78, 5) is 10.6. The average molecular weight is 373 g/mol. The second kappa shape index (κ2) is 4.71. The quantitative estimate of drug-likeness (QED) is 0.747. The number of rotatable bonds is 2. The van der Waals surface area contributed by atoms with Gasteiger partial charge in [0, 0.05) is 27.3 Å². The van der Waals surface area contributed by atoms with E-state index in [0.29, 0.717) is 5.56 Å². The molecule has 1 atom stereocenters. The molecule has 1 rings (SSSR count). The van der Waals surface area contributed by atoms with Gasteiger partial charge < -0.3 is 10.2 Å². The first-order chi connectivity index (χ1) is 5.55. The maximum absolute atomic E-state index is 10.6. The van der Waals surface area contributed by atoms with E-state index in [1.54, 1.807) is 30.3 Å². The predicted octanol–water partition coefficient (Wildman–Crippen LogP) is 0.598. The topological polar surface area (TPSA) is 57.5 Å². The van der Waals surface area contributed by atoms with E-state index in [2.05, 4.69) is 0 Å². The van der Waals surface area contributed by atoms with Crippen molar-refractivity contribution in [2.24, 2.45) is 0 Å². The van der Waals surface area contributed by atoms with E-state index in [9.17, 15) is 9.90 Å². The minimum absolute atomic E-state index is 0. The van der Waals surface area contributed by atoms with Crippen LogP contribution in [0.5, 0.6) is 0 Å². The molecule has 0 aliphatic heterocycles. The molecule has 1 unspecified atom stereocenters. The summed E-state index contributed by atoms with van der Waals surface area (Å²) in [6.45, 7) is 1.25. The van der Waals surface area contributed by atoms with Gasteiger partial charge in [0.2, 0.25) is 0 Å². The van der Waals surface area contributed by atoms with Gasteiger partial charge >= 0.3 is 5.97 Å². The molecule has 0 aromatic heterocycles. The third kappa shape index (κ3) is 2.77. The number of aliphatic hydroxyl groups is 1. The summed E-state index contributed by atoms with van der Waals surface area (Å²) in [5, 5.41) is 18.1. The van der Waals surface area contributed by atoms with Gasteiger partial charge in [-0.25, -0.2) is 4.79 Å². The molecule has 0 spiro atoms. The number of carbonyl (C=O) groups is 1. The van der Waals surface area contributed by atoms with E-state index < -0.39 is 11.6 Å². The number of carboxylic acid groups (broad SMARTS) is 1. The number of hydrogen-bond acceptors (Lipinski definition) is 2. The summed E-state index contributed by atoms with van der Waals surface area (Å²) in [6, 6.07) is 8.29. The van der Waals surface area contributed by atoms with Crippen LogP contribution in [0.15, 0.2) is 30.3 Å². The van der Waals surface area contributed by atoms with Crippen molar-refractivity contribution in [2.75, 3.05) is 0 Å². The summed E-state index contributed by atoms with van der Waals surface area (Å²) < 4.78 is 0. The zero-order valence-corrected chi connectivity index (χ0v) is 11.1. The summed E-state index contributed by atoms with van der Waals surface area (Å²) in [6.07, 6.45) is 0. The first-order valence-corrected chi connectivity index (χ1v) is 3.56. The summed E-state index contributed by atoms with van der Waals surface area (Å²) in [5.74, 6) is -1.24. The van der Waals surface area contributed by atoms with Gasteiger partial charge in [0.25, 0.3) is 0 Å². The van der Waals surface area contributed by atoms with Crippen molar-refractivity contribution in [1.82, 2.24) is 0 Å². The second-order valence-electron chi connectivity index (χ2n) is 2.74.